The highest BCUT2D eigenvalue weighted by atomic mass is 35.5. The predicted octanol–water partition coefficient (Wildman–Crippen LogP) is 2.26. The van der Waals surface area contributed by atoms with Crippen LogP contribution >= 0.6 is 12.4 Å². The highest BCUT2D eigenvalue weighted by Crippen LogP contribution is 2.42. The maximum absolute atomic E-state index is 12.6. The normalized spacial score (nSPS) is 27.6. The van der Waals surface area contributed by atoms with Crippen LogP contribution in [0.2, 0.25) is 0 Å². The monoisotopic (exact) mass is 351 g/mol. The van der Waals surface area contributed by atoms with Crippen molar-refractivity contribution in [2.75, 3.05) is 31.2 Å². The fourth-order valence-corrected chi connectivity index (χ4v) is 4.01. The van der Waals surface area contributed by atoms with Crippen molar-refractivity contribution < 1.29 is 9.53 Å². The van der Waals surface area contributed by atoms with Gasteiger partial charge in [-0.3, -0.25) is 9.78 Å². The van der Waals surface area contributed by atoms with Crippen molar-refractivity contribution in [2.45, 2.75) is 31.7 Å². The van der Waals surface area contributed by atoms with Crippen LogP contribution in [0.5, 0.6) is 0 Å². The molecule has 1 amide bonds. The number of anilines is 1. The standard InChI is InChI=1S/C18H25N3O2.ClH/c22-18(14-5-9-23-10-6-14)20-17-12-21(11-16(17)13-1-2-13)15-3-7-19-8-4-15;/h3-4,7-8,13-14,16-17H,1-2,5-6,9-12H2,(H,20,22);1H/t16-,17+;/m1./s1. The molecule has 0 unspecified atom stereocenters. The van der Waals surface area contributed by atoms with Gasteiger partial charge in [0.2, 0.25) is 5.91 Å². The van der Waals surface area contributed by atoms with E-state index < -0.39 is 0 Å². The Morgan fingerprint density at radius 3 is 2.50 bits per heavy atom. The Morgan fingerprint density at radius 1 is 1.12 bits per heavy atom. The molecule has 3 fully saturated rings. The molecule has 24 heavy (non-hydrogen) atoms. The zero-order valence-electron chi connectivity index (χ0n) is 13.9. The molecule has 3 heterocycles. The maximum atomic E-state index is 12.6. The van der Waals surface area contributed by atoms with Gasteiger partial charge in [-0.15, -0.1) is 12.4 Å². The van der Waals surface area contributed by atoms with Gasteiger partial charge in [-0.05, 0) is 43.7 Å². The average molecular weight is 352 g/mol. The lowest BCUT2D eigenvalue weighted by Gasteiger charge is -2.25. The number of carbonyl (C=O) groups excluding carboxylic acids is 1. The minimum absolute atomic E-state index is 0. The van der Waals surface area contributed by atoms with Gasteiger partial charge < -0.3 is 15.0 Å². The molecule has 1 aromatic heterocycles. The van der Waals surface area contributed by atoms with Crippen molar-refractivity contribution in [1.29, 1.82) is 0 Å². The summed E-state index contributed by atoms with van der Waals surface area (Å²) in [5.41, 5.74) is 1.22. The lowest BCUT2D eigenvalue weighted by atomic mass is 9.95. The van der Waals surface area contributed by atoms with Crippen molar-refractivity contribution in [3.8, 4) is 0 Å². The first-order valence-corrected chi connectivity index (χ1v) is 8.84. The third-order valence-corrected chi connectivity index (χ3v) is 5.54. The first kappa shape index (κ1) is 17.5. The Morgan fingerprint density at radius 2 is 1.83 bits per heavy atom. The topological polar surface area (TPSA) is 54.5 Å². The fraction of sp³-hybridized carbons (Fsp3) is 0.667. The second-order valence-electron chi connectivity index (χ2n) is 7.11. The Kier molecular flexibility index (Phi) is 5.61. The minimum Gasteiger partial charge on any atom is -0.381 e. The van der Waals surface area contributed by atoms with E-state index in [1.807, 2.05) is 12.4 Å². The molecular weight excluding hydrogens is 326 g/mol. The summed E-state index contributed by atoms with van der Waals surface area (Å²) in [7, 11) is 0. The van der Waals surface area contributed by atoms with Crippen LogP contribution < -0.4 is 10.2 Å². The summed E-state index contributed by atoms with van der Waals surface area (Å²) >= 11 is 0. The lowest BCUT2D eigenvalue weighted by molar-refractivity contribution is -0.128. The molecule has 5 nitrogen and oxygen atoms in total. The number of amides is 1. The van der Waals surface area contributed by atoms with Gasteiger partial charge >= 0.3 is 0 Å². The Bertz CT molecular complexity index is 546. The van der Waals surface area contributed by atoms with Crippen LogP contribution in [0.25, 0.3) is 0 Å². The third-order valence-electron chi connectivity index (χ3n) is 5.54. The minimum atomic E-state index is 0. The van der Waals surface area contributed by atoms with Crippen LogP contribution in [0.3, 0.4) is 0 Å². The van der Waals surface area contributed by atoms with E-state index in [0.29, 0.717) is 5.92 Å². The molecule has 6 heteroatoms. The molecule has 0 aromatic carbocycles. The van der Waals surface area contributed by atoms with E-state index in [1.54, 1.807) is 0 Å². The molecule has 132 valence electrons. The van der Waals surface area contributed by atoms with Gasteiger partial charge in [-0.25, -0.2) is 0 Å². The van der Waals surface area contributed by atoms with E-state index in [9.17, 15) is 4.79 Å². The summed E-state index contributed by atoms with van der Waals surface area (Å²) in [5, 5.41) is 3.37. The average Bonchev–Trinajstić information content (AvgIpc) is 3.37. The number of nitrogens with one attached hydrogen (secondary N) is 1. The van der Waals surface area contributed by atoms with Gasteiger partial charge in [-0.1, -0.05) is 0 Å². The number of hydrogen-bond donors (Lipinski definition) is 1. The number of ether oxygens (including phenoxy) is 1. The number of halogens is 1. The molecule has 4 rings (SSSR count). The molecule has 1 N–H and O–H groups in total. The molecule has 1 saturated carbocycles. The Hall–Kier alpha value is -1.33. The molecule has 0 bridgehead atoms. The second kappa shape index (κ2) is 7.70. The van der Waals surface area contributed by atoms with Crippen molar-refractivity contribution >= 4 is 24.0 Å². The van der Waals surface area contributed by atoms with Crippen molar-refractivity contribution in [2.24, 2.45) is 17.8 Å². The van der Waals surface area contributed by atoms with Crippen LogP contribution in [-0.4, -0.2) is 43.2 Å². The number of nitrogens with zero attached hydrogens (tertiary/aromatic N) is 2. The number of aromatic nitrogens is 1. The number of hydrogen-bond acceptors (Lipinski definition) is 4. The van der Waals surface area contributed by atoms with Crippen LogP contribution in [-0.2, 0) is 9.53 Å². The smallest absolute Gasteiger partial charge is 0.223 e. The van der Waals surface area contributed by atoms with Crippen LogP contribution in [0.15, 0.2) is 24.5 Å². The first-order valence-electron chi connectivity index (χ1n) is 8.84. The zero-order chi connectivity index (χ0) is 15.6. The lowest BCUT2D eigenvalue weighted by Crippen LogP contribution is -2.45. The quantitative estimate of drug-likeness (QED) is 0.904. The van der Waals surface area contributed by atoms with E-state index in [0.717, 1.165) is 45.1 Å². The number of pyridine rings is 1. The van der Waals surface area contributed by atoms with Crippen molar-refractivity contribution in [3.63, 3.8) is 0 Å². The highest BCUT2D eigenvalue weighted by molar-refractivity contribution is 5.85. The van der Waals surface area contributed by atoms with Gasteiger partial charge in [0.05, 0.1) is 6.04 Å². The fourth-order valence-electron chi connectivity index (χ4n) is 4.01. The van der Waals surface area contributed by atoms with E-state index in [2.05, 4.69) is 27.3 Å². The molecule has 2 saturated heterocycles. The summed E-state index contributed by atoms with van der Waals surface area (Å²) in [6.07, 6.45) is 8.04. The summed E-state index contributed by atoms with van der Waals surface area (Å²) in [6.45, 7) is 3.41. The predicted molar refractivity (Wildman–Crippen MR) is 95.4 cm³/mol. The molecule has 3 aliphatic rings. The first-order chi connectivity index (χ1) is 11.3. The molecular formula is C18H26ClN3O2. The largest absolute Gasteiger partial charge is 0.381 e. The molecule has 1 aliphatic carbocycles. The molecule has 0 radical (unpaired) electrons. The Labute approximate surface area is 149 Å². The molecule has 2 aliphatic heterocycles. The van der Waals surface area contributed by atoms with Gasteiger partial charge in [0.15, 0.2) is 0 Å². The molecule has 2 atom stereocenters. The van der Waals surface area contributed by atoms with Crippen LogP contribution in [0, 0.1) is 17.8 Å². The van der Waals surface area contributed by atoms with Gasteiger partial charge in [0.25, 0.3) is 0 Å². The second-order valence-corrected chi connectivity index (χ2v) is 7.11. The van der Waals surface area contributed by atoms with E-state index in [1.165, 1.54) is 18.5 Å². The van der Waals surface area contributed by atoms with Gasteiger partial charge in [-0.2, -0.15) is 0 Å². The van der Waals surface area contributed by atoms with E-state index in [4.69, 9.17) is 4.74 Å². The number of rotatable bonds is 4. The number of carbonyl (C=O) groups is 1. The zero-order valence-corrected chi connectivity index (χ0v) is 14.7. The molecule has 0 spiro atoms. The summed E-state index contributed by atoms with van der Waals surface area (Å²) in [6, 6.07) is 4.41. The Balaban J connectivity index is 0.00000169. The summed E-state index contributed by atoms with van der Waals surface area (Å²) in [5.74, 6) is 1.76. The van der Waals surface area contributed by atoms with Gasteiger partial charge in [0.1, 0.15) is 0 Å². The van der Waals surface area contributed by atoms with Crippen LogP contribution in [0.4, 0.5) is 5.69 Å². The van der Waals surface area contributed by atoms with E-state index in [-0.39, 0.29) is 30.3 Å². The highest BCUT2D eigenvalue weighted by Gasteiger charge is 2.43. The van der Waals surface area contributed by atoms with E-state index >= 15 is 0 Å². The SMILES string of the molecule is Cl.O=C(N[C@H]1CN(c2ccncc2)C[C@@H]1C1CC1)C1CCOCC1. The van der Waals surface area contributed by atoms with Crippen molar-refractivity contribution in [1.82, 2.24) is 10.3 Å². The summed E-state index contributed by atoms with van der Waals surface area (Å²) < 4.78 is 5.37. The van der Waals surface area contributed by atoms with Crippen LogP contribution in [0.1, 0.15) is 25.7 Å². The van der Waals surface area contributed by atoms with Crippen molar-refractivity contribution in [3.05, 3.63) is 24.5 Å². The third kappa shape index (κ3) is 3.83. The molecule has 1 aromatic rings. The van der Waals surface area contributed by atoms with Gasteiger partial charge in [0, 0.05) is 56.2 Å². The maximum Gasteiger partial charge on any atom is 0.223 e. The summed E-state index contributed by atoms with van der Waals surface area (Å²) in [4.78, 5) is 19.1.